The van der Waals surface area contributed by atoms with E-state index >= 15 is 0 Å². The Morgan fingerprint density at radius 3 is 2.65 bits per heavy atom. The third-order valence-electron chi connectivity index (χ3n) is 5.20. The maximum absolute atomic E-state index is 13.2. The second-order valence-corrected chi connectivity index (χ2v) is 7.46. The summed E-state index contributed by atoms with van der Waals surface area (Å²) in [6.07, 6.45) is 3.55. The van der Waals surface area contributed by atoms with Crippen molar-refractivity contribution in [2.75, 3.05) is 14.2 Å². The van der Waals surface area contributed by atoms with Gasteiger partial charge >= 0.3 is 0 Å². The largest absolute Gasteiger partial charge is 0.481 e. The summed E-state index contributed by atoms with van der Waals surface area (Å²) in [6.45, 7) is 0. The average molecular weight is 460 g/mol. The number of nitrogens with one attached hydrogen (secondary N) is 1. The zero-order valence-corrected chi connectivity index (χ0v) is 18.8. The van der Waals surface area contributed by atoms with Gasteiger partial charge < -0.3 is 24.4 Å². The normalized spacial score (nSPS) is 16.0. The zero-order valence-electron chi connectivity index (χ0n) is 18.8. The summed E-state index contributed by atoms with van der Waals surface area (Å²) in [5.74, 6) is 0.141. The Morgan fingerprint density at radius 1 is 1.15 bits per heavy atom. The van der Waals surface area contributed by atoms with Crippen LogP contribution in [0.3, 0.4) is 0 Å². The van der Waals surface area contributed by atoms with E-state index in [4.69, 9.17) is 14.3 Å². The predicted molar refractivity (Wildman–Crippen MR) is 126 cm³/mol. The van der Waals surface area contributed by atoms with Crippen LogP contribution in [0.1, 0.15) is 15.9 Å². The molecule has 174 valence electrons. The molecule has 3 aromatic rings. The third kappa shape index (κ3) is 5.21. The quantitative estimate of drug-likeness (QED) is 0.490. The van der Waals surface area contributed by atoms with Gasteiger partial charge in [0.05, 0.1) is 24.2 Å². The molecule has 0 spiro atoms. The van der Waals surface area contributed by atoms with Crippen molar-refractivity contribution in [1.29, 1.82) is 0 Å². The van der Waals surface area contributed by atoms with Crippen LogP contribution < -0.4 is 10.2 Å². The number of amides is 1. The molecule has 9 nitrogen and oxygen atoms in total. The second kappa shape index (κ2) is 10.6. The van der Waals surface area contributed by atoms with Gasteiger partial charge in [0.2, 0.25) is 11.8 Å². The van der Waals surface area contributed by atoms with E-state index in [-0.39, 0.29) is 5.88 Å². The van der Waals surface area contributed by atoms with Crippen LogP contribution in [-0.4, -0.2) is 55.1 Å². The summed E-state index contributed by atoms with van der Waals surface area (Å²) < 4.78 is 10.5. The number of ether oxygens (including phenoxy) is 2. The van der Waals surface area contributed by atoms with E-state index in [1.165, 1.54) is 31.7 Å². The Labute approximate surface area is 196 Å². The number of hydrogen-bond acceptors (Lipinski definition) is 8. The lowest BCUT2D eigenvalue weighted by Gasteiger charge is -2.27. The van der Waals surface area contributed by atoms with Crippen LogP contribution in [0.5, 0.6) is 5.88 Å². The molecule has 2 heterocycles. The molecule has 1 amide bonds. The molecule has 2 aromatic carbocycles. The number of carbonyl (C=O) groups excluding carboxylic acids is 2. The number of hydroxylamine groups is 2. The molecule has 9 heteroatoms. The smallest absolute Gasteiger partial charge is 0.252 e. The minimum Gasteiger partial charge on any atom is -0.481 e. The van der Waals surface area contributed by atoms with Crippen molar-refractivity contribution < 1.29 is 23.9 Å². The van der Waals surface area contributed by atoms with Gasteiger partial charge in [0.1, 0.15) is 12.6 Å². The van der Waals surface area contributed by atoms with Crippen LogP contribution in [0.4, 0.5) is 0 Å². The number of benzene rings is 2. The van der Waals surface area contributed by atoms with E-state index in [0.29, 0.717) is 28.8 Å². The minimum absolute atomic E-state index is 0.164. The average Bonchev–Trinajstić information content (AvgIpc) is 2.88. The molecule has 0 fully saturated rings. The van der Waals surface area contributed by atoms with Crippen LogP contribution in [0.2, 0.25) is 0 Å². The van der Waals surface area contributed by atoms with Crippen LogP contribution in [-0.2, 0) is 20.7 Å². The van der Waals surface area contributed by atoms with Crippen LogP contribution in [0, 0.1) is 0 Å². The summed E-state index contributed by atoms with van der Waals surface area (Å²) >= 11 is 0. The van der Waals surface area contributed by atoms with Crippen molar-refractivity contribution in [3.05, 3.63) is 83.7 Å². The molecular weight excluding hydrogens is 436 g/mol. The summed E-state index contributed by atoms with van der Waals surface area (Å²) in [6, 6.07) is 17.5. The standard InChI is InChI=1S/C25H24N4O5/c1-32-22-14-24(33-2)29(16-26-22)34-23-13-20(19-10-6-7-11-21(19)28-23)25(31)27-18(15-30)12-17-8-4-3-5-9-17/h3-11,13-16,18,24H,12H2,1-2H3,(H,27,31). The van der Waals surface area contributed by atoms with E-state index in [1.807, 2.05) is 42.5 Å². The Bertz CT molecular complexity index is 1230. The third-order valence-corrected chi connectivity index (χ3v) is 5.20. The number of rotatable bonds is 9. The fourth-order valence-electron chi connectivity index (χ4n) is 3.53. The maximum Gasteiger partial charge on any atom is 0.252 e. The lowest BCUT2D eigenvalue weighted by Crippen LogP contribution is -2.40. The van der Waals surface area contributed by atoms with Crippen molar-refractivity contribution in [3.8, 4) is 5.88 Å². The highest BCUT2D eigenvalue weighted by Crippen LogP contribution is 2.24. The van der Waals surface area contributed by atoms with E-state index in [1.54, 1.807) is 18.2 Å². The van der Waals surface area contributed by atoms with E-state index in [2.05, 4.69) is 15.3 Å². The van der Waals surface area contributed by atoms with E-state index < -0.39 is 18.2 Å². The molecule has 1 aromatic heterocycles. The summed E-state index contributed by atoms with van der Waals surface area (Å²) in [5, 5.41) is 4.79. The van der Waals surface area contributed by atoms with Gasteiger partial charge in [-0.1, -0.05) is 48.5 Å². The predicted octanol–water partition coefficient (Wildman–Crippen LogP) is 2.87. The van der Waals surface area contributed by atoms with Gasteiger partial charge in [0.15, 0.2) is 6.23 Å². The van der Waals surface area contributed by atoms with Gasteiger partial charge in [0, 0.05) is 24.6 Å². The molecule has 0 saturated carbocycles. The van der Waals surface area contributed by atoms with Crippen LogP contribution >= 0.6 is 0 Å². The molecule has 0 radical (unpaired) electrons. The van der Waals surface area contributed by atoms with Gasteiger partial charge in [-0.15, -0.1) is 0 Å². The number of hydrogen-bond donors (Lipinski definition) is 1. The van der Waals surface area contributed by atoms with Crippen molar-refractivity contribution in [1.82, 2.24) is 15.4 Å². The minimum atomic E-state index is -0.684. The number of pyridine rings is 1. The Kier molecular flexibility index (Phi) is 7.14. The van der Waals surface area contributed by atoms with E-state index in [9.17, 15) is 9.59 Å². The summed E-state index contributed by atoms with van der Waals surface area (Å²) in [4.78, 5) is 39.4. The van der Waals surface area contributed by atoms with E-state index in [0.717, 1.165) is 11.8 Å². The number of nitrogens with zero attached hydrogens (tertiary/aromatic N) is 3. The highest BCUT2D eigenvalue weighted by Gasteiger charge is 2.23. The number of aldehydes is 1. The highest BCUT2D eigenvalue weighted by atomic mass is 16.7. The SMILES string of the molecule is COC1=CC(OC)N(Oc2cc(C(=O)NC(C=O)Cc3ccccc3)c3ccccc3n2)C=N1. The number of para-hydroxylation sites is 1. The van der Waals surface area contributed by atoms with Gasteiger partial charge in [-0.2, -0.15) is 5.06 Å². The van der Waals surface area contributed by atoms with Crippen LogP contribution in [0.25, 0.3) is 10.9 Å². The number of fused-ring (bicyclic) bond motifs is 1. The molecule has 1 aliphatic rings. The first-order valence-electron chi connectivity index (χ1n) is 10.6. The molecule has 1 aliphatic heterocycles. The number of aliphatic imine (C=N–C) groups is 1. The summed E-state index contributed by atoms with van der Waals surface area (Å²) in [5.41, 5.74) is 1.84. The molecule has 4 rings (SSSR count). The summed E-state index contributed by atoms with van der Waals surface area (Å²) in [7, 11) is 3.02. The van der Waals surface area contributed by atoms with Gasteiger partial charge in [-0.25, -0.2) is 9.98 Å². The molecule has 0 bridgehead atoms. The molecular formula is C25H24N4O5. The molecule has 34 heavy (non-hydrogen) atoms. The topological polar surface area (TPSA) is 102 Å². The van der Waals surface area contributed by atoms with Crippen molar-refractivity contribution >= 4 is 29.4 Å². The Balaban J connectivity index is 1.59. The number of aromatic nitrogens is 1. The molecule has 1 N–H and O–H groups in total. The van der Waals surface area contributed by atoms with Gasteiger partial charge in [-0.05, 0) is 18.1 Å². The molecule has 2 unspecified atom stereocenters. The molecule has 2 atom stereocenters. The highest BCUT2D eigenvalue weighted by molar-refractivity contribution is 6.07. The second-order valence-electron chi connectivity index (χ2n) is 7.46. The van der Waals surface area contributed by atoms with Crippen molar-refractivity contribution in [3.63, 3.8) is 0 Å². The fraction of sp³-hybridized carbons (Fsp3) is 0.200. The lowest BCUT2D eigenvalue weighted by atomic mass is 10.1. The number of methoxy groups -OCH3 is 2. The Morgan fingerprint density at radius 2 is 1.91 bits per heavy atom. The lowest BCUT2D eigenvalue weighted by molar-refractivity contribution is -0.109. The van der Waals surface area contributed by atoms with Crippen molar-refractivity contribution in [2.24, 2.45) is 4.99 Å². The maximum atomic E-state index is 13.2. The van der Waals surface area contributed by atoms with Gasteiger partial charge in [0.25, 0.3) is 5.91 Å². The monoisotopic (exact) mass is 460 g/mol. The molecule has 0 aliphatic carbocycles. The molecule has 0 saturated heterocycles. The first-order valence-corrected chi connectivity index (χ1v) is 10.6. The zero-order chi connectivity index (χ0) is 23.9. The van der Waals surface area contributed by atoms with Crippen molar-refractivity contribution in [2.45, 2.75) is 18.7 Å². The van der Waals surface area contributed by atoms with Crippen LogP contribution in [0.15, 0.2) is 77.6 Å². The first-order chi connectivity index (χ1) is 16.6. The fourth-order valence-corrected chi connectivity index (χ4v) is 3.53. The van der Waals surface area contributed by atoms with Gasteiger partial charge in [-0.3, -0.25) is 4.79 Å². The number of carbonyl (C=O) groups is 2. The Hall–Kier alpha value is -4.24. The first kappa shape index (κ1) is 22.9.